The van der Waals surface area contributed by atoms with E-state index in [1.807, 2.05) is 23.5 Å². The van der Waals surface area contributed by atoms with Crippen molar-refractivity contribution in [1.82, 2.24) is 0 Å². The SMILES string of the molecule is CCSC(SCC)(c1ccccc1)c1ccc(C)cc1. The van der Waals surface area contributed by atoms with Gasteiger partial charge in [0.25, 0.3) is 0 Å². The smallest absolute Gasteiger partial charge is 0.111 e. The van der Waals surface area contributed by atoms with Crippen LogP contribution in [0.1, 0.15) is 30.5 Å². The summed E-state index contributed by atoms with van der Waals surface area (Å²) in [6.45, 7) is 6.63. The van der Waals surface area contributed by atoms with E-state index >= 15 is 0 Å². The molecule has 0 aromatic heterocycles. The van der Waals surface area contributed by atoms with Gasteiger partial charge in [-0.25, -0.2) is 0 Å². The molecule has 2 heteroatoms. The van der Waals surface area contributed by atoms with E-state index < -0.39 is 0 Å². The maximum atomic E-state index is 2.29. The first-order valence-electron chi connectivity index (χ1n) is 7.13. The Labute approximate surface area is 131 Å². The molecule has 0 radical (unpaired) electrons. The summed E-state index contributed by atoms with van der Waals surface area (Å²) in [5.74, 6) is 2.21. The largest absolute Gasteiger partial charge is 0.135 e. The first-order valence-corrected chi connectivity index (χ1v) is 9.10. The second-order valence-electron chi connectivity index (χ2n) is 4.71. The van der Waals surface area contributed by atoms with Gasteiger partial charge in [0.15, 0.2) is 0 Å². The van der Waals surface area contributed by atoms with Gasteiger partial charge in [0.05, 0.1) is 0 Å². The molecule has 2 aromatic carbocycles. The lowest BCUT2D eigenvalue weighted by molar-refractivity contribution is 1.06. The fourth-order valence-corrected chi connectivity index (χ4v) is 5.44. The van der Waals surface area contributed by atoms with Gasteiger partial charge in [-0.3, -0.25) is 0 Å². The standard InChI is InChI=1S/C18H22S2/c1-4-19-18(20-5-2,16-9-7-6-8-10-16)17-13-11-15(3)12-14-17/h6-14H,4-5H2,1-3H3. The Hall–Kier alpha value is -0.860. The highest BCUT2D eigenvalue weighted by molar-refractivity contribution is 8.17. The van der Waals surface area contributed by atoms with Crippen molar-refractivity contribution in [2.24, 2.45) is 0 Å². The lowest BCUT2D eigenvalue weighted by Crippen LogP contribution is -2.20. The van der Waals surface area contributed by atoms with Crippen LogP contribution in [0, 0.1) is 6.92 Å². The molecule has 0 amide bonds. The van der Waals surface area contributed by atoms with Crippen molar-refractivity contribution in [2.45, 2.75) is 24.9 Å². The quantitative estimate of drug-likeness (QED) is 0.627. The summed E-state index contributed by atoms with van der Waals surface area (Å²) in [5, 5.41) is 0. The highest BCUT2D eigenvalue weighted by Crippen LogP contribution is 2.51. The van der Waals surface area contributed by atoms with Gasteiger partial charge in [-0.2, -0.15) is 0 Å². The summed E-state index contributed by atoms with van der Waals surface area (Å²) in [4.78, 5) is 0. The molecule has 0 saturated heterocycles. The minimum absolute atomic E-state index is 0.0124. The van der Waals surface area contributed by atoms with E-state index in [4.69, 9.17) is 0 Å². The minimum Gasteiger partial charge on any atom is -0.135 e. The van der Waals surface area contributed by atoms with E-state index in [-0.39, 0.29) is 4.08 Å². The lowest BCUT2D eigenvalue weighted by Gasteiger charge is -2.33. The zero-order chi connectivity index (χ0) is 14.4. The van der Waals surface area contributed by atoms with E-state index in [2.05, 4.69) is 75.4 Å². The van der Waals surface area contributed by atoms with Crippen molar-refractivity contribution in [3.8, 4) is 0 Å². The molecule has 0 aliphatic rings. The molecule has 2 aromatic rings. The minimum atomic E-state index is 0.0124. The van der Waals surface area contributed by atoms with Gasteiger partial charge in [0, 0.05) is 0 Å². The summed E-state index contributed by atoms with van der Waals surface area (Å²) in [7, 11) is 0. The van der Waals surface area contributed by atoms with Gasteiger partial charge >= 0.3 is 0 Å². The van der Waals surface area contributed by atoms with Crippen LogP contribution in [0.15, 0.2) is 54.6 Å². The molecule has 0 atom stereocenters. The Morgan fingerprint density at radius 2 is 1.25 bits per heavy atom. The number of hydrogen-bond donors (Lipinski definition) is 0. The molecule has 0 nitrogen and oxygen atoms in total. The first-order chi connectivity index (χ1) is 9.73. The molecule has 0 aliphatic heterocycles. The highest BCUT2D eigenvalue weighted by Gasteiger charge is 2.34. The van der Waals surface area contributed by atoms with Gasteiger partial charge < -0.3 is 0 Å². The summed E-state index contributed by atoms with van der Waals surface area (Å²) < 4.78 is 0.0124. The molecule has 0 bridgehead atoms. The van der Waals surface area contributed by atoms with Crippen LogP contribution in [-0.2, 0) is 4.08 Å². The number of rotatable bonds is 6. The maximum Gasteiger partial charge on any atom is 0.111 e. The lowest BCUT2D eigenvalue weighted by atomic mass is 10.0. The number of thioether (sulfide) groups is 2. The predicted molar refractivity (Wildman–Crippen MR) is 94.7 cm³/mol. The Kier molecular flexibility index (Phi) is 5.62. The molecule has 20 heavy (non-hydrogen) atoms. The second-order valence-corrected chi connectivity index (χ2v) is 7.93. The summed E-state index contributed by atoms with van der Waals surface area (Å²) >= 11 is 4.05. The molecular weight excluding hydrogens is 280 g/mol. The average molecular weight is 303 g/mol. The predicted octanol–water partition coefficient (Wildman–Crippen LogP) is 5.70. The number of aryl methyl sites for hydroxylation is 1. The van der Waals surface area contributed by atoms with E-state index in [0.717, 1.165) is 11.5 Å². The Bertz CT molecular complexity index is 511. The second kappa shape index (κ2) is 7.24. The topological polar surface area (TPSA) is 0 Å². The molecule has 106 valence electrons. The molecule has 0 heterocycles. The Morgan fingerprint density at radius 3 is 1.75 bits per heavy atom. The van der Waals surface area contributed by atoms with Crippen LogP contribution >= 0.6 is 23.5 Å². The van der Waals surface area contributed by atoms with Gasteiger partial charge in [0.1, 0.15) is 4.08 Å². The van der Waals surface area contributed by atoms with Crippen molar-refractivity contribution >= 4 is 23.5 Å². The molecule has 0 fully saturated rings. The van der Waals surface area contributed by atoms with Crippen LogP contribution in [0.5, 0.6) is 0 Å². The summed E-state index contributed by atoms with van der Waals surface area (Å²) in [6.07, 6.45) is 0. The molecule has 0 N–H and O–H groups in total. The average Bonchev–Trinajstić information content (AvgIpc) is 2.48. The zero-order valence-electron chi connectivity index (χ0n) is 12.4. The van der Waals surface area contributed by atoms with E-state index in [9.17, 15) is 0 Å². The van der Waals surface area contributed by atoms with Crippen molar-refractivity contribution in [3.63, 3.8) is 0 Å². The highest BCUT2D eigenvalue weighted by atomic mass is 32.2. The third-order valence-electron chi connectivity index (χ3n) is 3.28. The molecule has 0 aliphatic carbocycles. The molecule has 0 spiro atoms. The molecule has 0 saturated carbocycles. The van der Waals surface area contributed by atoms with Crippen LogP contribution in [-0.4, -0.2) is 11.5 Å². The normalized spacial score (nSPS) is 11.6. The van der Waals surface area contributed by atoms with Crippen LogP contribution in [0.25, 0.3) is 0 Å². The third-order valence-corrected chi connectivity index (χ3v) is 6.32. The van der Waals surface area contributed by atoms with E-state index in [1.54, 1.807) is 0 Å². The van der Waals surface area contributed by atoms with Crippen molar-refractivity contribution in [3.05, 3.63) is 71.3 Å². The molecule has 2 rings (SSSR count). The molecular formula is C18H22S2. The fourth-order valence-electron chi connectivity index (χ4n) is 2.38. The van der Waals surface area contributed by atoms with Gasteiger partial charge in [-0.1, -0.05) is 74.0 Å². The Balaban J connectivity index is 2.54. The third kappa shape index (κ3) is 3.24. The van der Waals surface area contributed by atoms with Gasteiger partial charge in [-0.05, 0) is 29.6 Å². The van der Waals surface area contributed by atoms with Crippen LogP contribution in [0.4, 0.5) is 0 Å². The van der Waals surface area contributed by atoms with Crippen molar-refractivity contribution < 1.29 is 0 Å². The van der Waals surface area contributed by atoms with Crippen LogP contribution < -0.4 is 0 Å². The first kappa shape index (κ1) is 15.5. The molecule has 0 unspecified atom stereocenters. The number of benzene rings is 2. The Morgan fingerprint density at radius 1 is 0.750 bits per heavy atom. The van der Waals surface area contributed by atoms with Gasteiger partial charge in [-0.15, -0.1) is 23.5 Å². The van der Waals surface area contributed by atoms with Gasteiger partial charge in [0.2, 0.25) is 0 Å². The van der Waals surface area contributed by atoms with Crippen LogP contribution in [0.3, 0.4) is 0 Å². The van der Waals surface area contributed by atoms with E-state index in [1.165, 1.54) is 16.7 Å². The monoisotopic (exact) mass is 302 g/mol. The summed E-state index contributed by atoms with van der Waals surface area (Å²) in [5.41, 5.74) is 4.11. The zero-order valence-corrected chi connectivity index (χ0v) is 14.1. The summed E-state index contributed by atoms with van der Waals surface area (Å²) in [6, 6.07) is 19.9. The maximum absolute atomic E-state index is 2.29. The van der Waals surface area contributed by atoms with Crippen LogP contribution in [0.2, 0.25) is 0 Å². The van der Waals surface area contributed by atoms with Crippen molar-refractivity contribution in [2.75, 3.05) is 11.5 Å². The number of hydrogen-bond acceptors (Lipinski definition) is 2. The van der Waals surface area contributed by atoms with E-state index in [0.29, 0.717) is 0 Å². The van der Waals surface area contributed by atoms with Crippen molar-refractivity contribution in [1.29, 1.82) is 0 Å². The fraction of sp³-hybridized carbons (Fsp3) is 0.333.